The predicted molar refractivity (Wildman–Crippen MR) is 89.3 cm³/mol. The molecular formula is C16H27N5O2. The van der Waals surface area contributed by atoms with Gasteiger partial charge >= 0.3 is 0 Å². The fourth-order valence-corrected chi connectivity index (χ4v) is 3.16. The summed E-state index contributed by atoms with van der Waals surface area (Å²) in [5, 5.41) is 10.2. The van der Waals surface area contributed by atoms with Crippen LogP contribution in [-0.4, -0.2) is 52.2 Å². The molecule has 2 amide bonds. The minimum atomic E-state index is -0.391. The summed E-state index contributed by atoms with van der Waals surface area (Å²) in [5.74, 6) is 0.530. The van der Waals surface area contributed by atoms with E-state index in [4.69, 9.17) is 0 Å². The second kappa shape index (κ2) is 7.59. The molecule has 0 aliphatic carbocycles. The zero-order valence-electron chi connectivity index (χ0n) is 14.5. The van der Waals surface area contributed by atoms with Crippen molar-refractivity contribution in [2.24, 2.45) is 7.05 Å². The topological polar surface area (TPSA) is 79.3 Å². The maximum absolute atomic E-state index is 12.4. The number of hydrogen-bond donors (Lipinski definition) is 2. The monoisotopic (exact) mass is 321 g/mol. The maximum atomic E-state index is 12.4. The van der Waals surface area contributed by atoms with Gasteiger partial charge in [0.05, 0.1) is 18.2 Å². The van der Waals surface area contributed by atoms with Crippen molar-refractivity contribution >= 4 is 17.6 Å². The fourth-order valence-electron chi connectivity index (χ4n) is 3.16. The first-order valence-electron chi connectivity index (χ1n) is 8.38. The number of rotatable bonds is 6. The molecule has 23 heavy (non-hydrogen) atoms. The number of carbonyl (C=O) groups excluding carboxylic acids is 2. The van der Waals surface area contributed by atoms with Gasteiger partial charge in [0.2, 0.25) is 11.8 Å². The normalized spacial score (nSPS) is 18.8. The molecule has 1 aromatic heterocycles. The Morgan fingerprint density at radius 3 is 2.70 bits per heavy atom. The Balaban J connectivity index is 2.10. The van der Waals surface area contributed by atoms with Gasteiger partial charge in [-0.15, -0.1) is 0 Å². The van der Waals surface area contributed by atoms with Crippen molar-refractivity contribution in [3.8, 4) is 0 Å². The van der Waals surface area contributed by atoms with E-state index in [9.17, 15) is 9.59 Å². The summed E-state index contributed by atoms with van der Waals surface area (Å²) < 4.78 is 1.72. The molecule has 1 unspecified atom stereocenters. The quantitative estimate of drug-likeness (QED) is 0.808. The van der Waals surface area contributed by atoms with Gasteiger partial charge in [-0.25, -0.2) is 0 Å². The number of amides is 2. The Kier molecular flexibility index (Phi) is 5.76. The van der Waals surface area contributed by atoms with Gasteiger partial charge in [-0.3, -0.25) is 19.2 Å². The molecule has 2 heterocycles. The zero-order chi connectivity index (χ0) is 17.0. The number of aryl methyl sites for hydroxylation is 2. The van der Waals surface area contributed by atoms with E-state index in [1.54, 1.807) is 4.68 Å². The smallest absolute Gasteiger partial charge is 0.237 e. The van der Waals surface area contributed by atoms with E-state index in [1.807, 2.05) is 18.9 Å². The molecule has 2 rings (SSSR count). The van der Waals surface area contributed by atoms with Crippen molar-refractivity contribution in [3.63, 3.8) is 0 Å². The van der Waals surface area contributed by atoms with Gasteiger partial charge in [-0.05, 0) is 19.4 Å². The molecule has 1 atom stereocenters. The number of nitrogens with zero attached hydrogens (tertiary/aromatic N) is 3. The highest BCUT2D eigenvalue weighted by atomic mass is 16.2. The van der Waals surface area contributed by atoms with Gasteiger partial charge in [-0.1, -0.05) is 20.8 Å². The molecule has 0 spiro atoms. The summed E-state index contributed by atoms with van der Waals surface area (Å²) in [6, 6.07) is -0.391. The molecule has 1 saturated heterocycles. The lowest BCUT2D eigenvalue weighted by Gasteiger charge is -2.33. The summed E-state index contributed by atoms with van der Waals surface area (Å²) in [6.07, 6.45) is 1.81. The van der Waals surface area contributed by atoms with Crippen molar-refractivity contribution in [2.75, 3.05) is 25.0 Å². The summed E-state index contributed by atoms with van der Waals surface area (Å²) in [4.78, 5) is 26.5. The Labute approximate surface area is 137 Å². The van der Waals surface area contributed by atoms with Crippen LogP contribution in [0.15, 0.2) is 0 Å². The second-order valence-corrected chi connectivity index (χ2v) is 5.79. The minimum absolute atomic E-state index is 0.0665. The molecule has 0 saturated carbocycles. The Bertz CT molecular complexity index is 581. The zero-order valence-corrected chi connectivity index (χ0v) is 14.5. The van der Waals surface area contributed by atoms with Crippen molar-refractivity contribution in [1.29, 1.82) is 0 Å². The first-order chi connectivity index (χ1) is 11.0. The van der Waals surface area contributed by atoms with E-state index in [0.717, 1.165) is 43.0 Å². The van der Waals surface area contributed by atoms with Gasteiger partial charge < -0.3 is 10.6 Å². The molecule has 1 fully saturated rings. The van der Waals surface area contributed by atoms with Crippen molar-refractivity contribution < 1.29 is 9.59 Å². The molecule has 0 bridgehead atoms. The Morgan fingerprint density at radius 2 is 2.09 bits per heavy atom. The molecule has 7 nitrogen and oxygen atoms in total. The summed E-state index contributed by atoms with van der Waals surface area (Å²) in [6.45, 7) is 8.31. The van der Waals surface area contributed by atoms with E-state index >= 15 is 0 Å². The van der Waals surface area contributed by atoms with E-state index in [1.165, 1.54) is 0 Å². The van der Waals surface area contributed by atoms with Crippen LogP contribution in [0.4, 0.5) is 5.82 Å². The van der Waals surface area contributed by atoms with Gasteiger partial charge in [0.25, 0.3) is 0 Å². The number of likely N-dealkylation sites (N-methyl/N-ethyl adjacent to an activating group) is 1. The highest BCUT2D eigenvalue weighted by Gasteiger charge is 2.31. The third kappa shape index (κ3) is 3.72. The number of anilines is 1. The average molecular weight is 321 g/mol. The standard InChI is InChI=1S/C16H27N5O2/c1-5-11-12(6-2)19-20(4)15(11)18-14(22)10-13-16(23)17-8-9-21(13)7-3/h13H,5-10H2,1-4H3,(H,17,23)(H,18,22). The SMILES string of the molecule is CCc1nn(C)c(NC(=O)CC2C(=O)NCCN2CC)c1CC. The van der Waals surface area contributed by atoms with Gasteiger partial charge in [0.1, 0.15) is 5.82 Å². The number of piperazine rings is 1. The minimum Gasteiger partial charge on any atom is -0.353 e. The number of aromatic nitrogens is 2. The number of carbonyl (C=O) groups is 2. The Morgan fingerprint density at radius 1 is 1.35 bits per heavy atom. The first-order valence-corrected chi connectivity index (χ1v) is 8.38. The molecule has 1 aromatic rings. The van der Waals surface area contributed by atoms with Gasteiger partial charge in [0, 0.05) is 25.7 Å². The second-order valence-electron chi connectivity index (χ2n) is 5.79. The van der Waals surface area contributed by atoms with E-state index in [0.29, 0.717) is 6.54 Å². The summed E-state index contributed by atoms with van der Waals surface area (Å²) >= 11 is 0. The molecule has 0 aromatic carbocycles. The van der Waals surface area contributed by atoms with Gasteiger partial charge in [0.15, 0.2) is 0 Å². The van der Waals surface area contributed by atoms with E-state index in [-0.39, 0.29) is 18.2 Å². The lowest BCUT2D eigenvalue weighted by Crippen LogP contribution is -2.56. The van der Waals surface area contributed by atoms with Crippen LogP contribution in [0.2, 0.25) is 0 Å². The number of nitrogens with one attached hydrogen (secondary N) is 2. The average Bonchev–Trinajstić information content (AvgIpc) is 2.84. The highest BCUT2D eigenvalue weighted by molar-refractivity contribution is 5.95. The van der Waals surface area contributed by atoms with Crippen LogP contribution in [-0.2, 0) is 29.5 Å². The van der Waals surface area contributed by atoms with E-state index in [2.05, 4.69) is 29.6 Å². The molecule has 128 valence electrons. The number of hydrogen-bond acceptors (Lipinski definition) is 4. The van der Waals surface area contributed by atoms with Crippen LogP contribution >= 0.6 is 0 Å². The van der Waals surface area contributed by atoms with Crippen molar-refractivity contribution in [2.45, 2.75) is 46.1 Å². The first kappa shape index (κ1) is 17.5. The van der Waals surface area contributed by atoms with Crippen LogP contribution in [0.1, 0.15) is 38.4 Å². The molecule has 2 N–H and O–H groups in total. The largest absolute Gasteiger partial charge is 0.353 e. The summed E-state index contributed by atoms with van der Waals surface area (Å²) in [7, 11) is 1.83. The third-order valence-corrected chi connectivity index (χ3v) is 4.40. The predicted octanol–water partition coefficient (Wildman–Crippen LogP) is 0.694. The molecule has 1 aliphatic heterocycles. The lowest BCUT2D eigenvalue weighted by molar-refractivity contribution is -0.132. The van der Waals surface area contributed by atoms with Gasteiger partial charge in [-0.2, -0.15) is 5.10 Å². The third-order valence-electron chi connectivity index (χ3n) is 4.40. The maximum Gasteiger partial charge on any atom is 0.237 e. The summed E-state index contributed by atoms with van der Waals surface area (Å²) in [5.41, 5.74) is 2.08. The molecule has 0 radical (unpaired) electrons. The van der Waals surface area contributed by atoms with Crippen LogP contribution in [0.3, 0.4) is 0 Å². The van der Waals surface area contributed by atoms with Crippen molar-refractivity contribution in [3.05, 3.63) is 11.3 Å². The van der Waals surface area contributed by atoms with Crippen LogP contribution < -0.4 is 10.6 Å². The lowest BCUT2D eigenvalue weighted by atomic mass is 10.1. The molecule has 7 heteroatoms. The molecular weight excluding hydrogens is 294 g/mol. The fraction of sp³-hybridized carbons (Fsp3) is 0.688. The van der Waals surface area contributed by atoms with Crippen LogP contribution in [0.25, 0.3) is 0 Å². The van der Waals surface area contributed by atoms with Crippen LogP contribution in [0.5, 0.6) is 0 Å². The van der Waals surface area contributed by atoms with E-state index < -0.39 is 6.04 Å². The van der Waals surface area contributed by atoms with Crippen molar-refractivity contribution in [1.82, 2.24) is 20.0 Å². The molecule has 1 aliphatic rings. The Hall–Kier alpha value is -1.89. The highest BCUT2D eigenvalue weighted by Crippen LogP contribution is 2.21. The van der Waals surface area contributed by atoms with Crippen LogP contribution in [0, 0.1) is 0 Å².